The van der Waals surface area contributed by atoms with Crippen LogP contribution in [-0.2, 0) is 4.79 Å². The Hall–Kier alpha value is -0.120. The number of hydrogen-bond donors (Lipinski definition) is 0. The predicted molar refractivity (Wildman–Crippen MR) is 97.3 cm³/mol. The predicted octanol–water partition coefficient (Wildman–Crippen LogP) is 7.10. The highest BCUT2D eigenvalue weighted by molar-refractivity contribution is 6.55. The average Bonchev–Trinajstić information content (AvgIpc) is 2.99. The molecule has 2 rings (SSSR count). The SMILES string of the molecule is CC(C)=C[C@H]1[C@H](C(=O)Oc2c(Cl)c(Cl)c(Cl)c(Cl)c2Cl)C1(C)C. The third kappa shape index (κ3) is 3.48. The summed E-state index contributed by atoms with van der Waals surface area (Å²) in [6.07, 6.45) is 2.07. The van der Waals surface area contributed by atoms with Crippen LogP contribution in [-0.4, -0.2) is 5.97 Å². The van der Waals surface area contributed by atoms with Crippen molar-refractivity contribution >= 4 is 64.0 Å². The highest BCUT2D eigenvalue weighted by Crippen LogP contribution is 2.60. The maximum Gasteiger partial charge on any atom is 0.315 e. The van der Waals surface area contributed by atoms with Crippen molar-refractivity contribution in [3.8, 4) is 5.75 Å². The van der Waals surface area contributed by atoms with E-state index < -0.39 is 5.97 Å². The lowest BCUT2D eigenvalue weighted by Gasteiger charge is -2.12. The van der Waals surface area contributed by atoms with E-state index in [2.05, 4.69) is 6.08 Å². The molecule has 1 aromatic carbocycles. The number of halogens is 5. The van der Waals surface area contributed by atoms with E-state index in [4.69, 9.17) is 62.7 Å². The third-order valence-corrected chi connectivity index (χ3v) is 6.29. The lowest BCUT2D eigenvalue weighted by molar-refractivity contribution is -0.136. The Morgan fingerprint density at radius 3 is 1.83 bits per heavy atom. The van der Waals surface area contributed by atoms with Crippen LogP contribution in [0.3, 0.4) is 0 Å². The van der Waals surface area contributed by atoms with Gasteiger partial charge >= 0.3 is 5.97 Å². The number of esters is 1. The van der Waals surface area contributed by atoms with E-state index in [1.807, 2.05) is 27.7 Å². The van der Waals surface area contributed by atoms with E-state index in [0.717, 1.165) is 5.57 Å². The fourth-order valence-electron chi connectivity index (χ4n) is 2.64. The lowest BCUT2D eigenvalue weighted by Crippen LogP contribution is -2.14. The lowest BCUT2D eigenvalue weighted by atomic mass is 10.1. The number of allylic oxidation sites excluding steroid dienone is 2. The van der Waals surface area contributed by atoms with Crippen molar-refractivity contribution in [3.63, 3.8) is 0 Å². The smallest absolute Gasteiger partial charge is 0.315 e. The van der Waals surface area contributed by atoms with Crippen molar-refractivity contribution in [2.75, 3.05) is 0 Å². The quantitative estimate of drug-likeness (QED) is 0.173. The summed E-state index contributed by atoms with van der Waals surface area (Å²) in [5.41, 5.74) is 0.958. The normalized spacial score (nSPS) is 21.8. The minimum Gasteiger partial charge on any atom is -0.423 e. The summed E-state index contributed by atoms with van der Waals surface area (Å²) < 4.78 is 5.40. The summed E-state index contributed by atoms with van der Waals surface area (Å²) in [6, 6.07) is 0. The van der Waals surface area contributed by atoms with Crippen LogP contribution >= 0.6 is 58.0 Å². The van der Waals surface area contributed by atoms with Crippen molar-refractivity contribution < 1.29 is 9.53 Å². The van der Waals surface area contributed by atoms with Gasteiger partial charge in [0.1, 0.15) is 10.0 Å². The summed E-state index contributed by atoms with van der Waals surface area (Å²) in [5, 5.41) is -0.0338. The average molecular weight is 417 g/mol. The van der Waals surface area contributed by atoms with Crippen LogP contribution in [0.15, 0.2) is 11.6 Å². The van der Waals surface area contributed by atoms with E-state index in [1.54, 1.807) is 0 Å². The van der Waals surface area contributed by atoms with Gasteiger partial charge in [-0.05, 0) is 25.2 Å². The standard InChI is InChI=1S/C16H15Cl5O2/c1-6(2)5-7-8(16(7,3)4)15(22)23-14-12(20)10(18)9(17)11(19)13(14)21/h5,7-8H,1-4H3/t7-,8+/m0/s1. The van der Waals surface area contributed by atoms with Gasteiger partial charge in [0, 0.05) is 0 Å². The molecule has 23 heavy (non-hydrogen) atoms. The summed E-state index contributed by atoms with van der Waals surface area (Å²) in [5.74, 6) is -0.652. The molecule has 1 aromatic rings. The molecule has 126 valence electrons. The van der Waals surface area contributed by atoms with Crippen molar-refractivity contribution in [3.05, 3.63) is 36.8 Å². The van der Waals surface area contributed by atoms with Crippen molar-refractivity contribution in [1.82, 2.24) is 0 Å². The fraction of sp³-hybridized carbons (Fsp3) is 0.438. The van der Waals surface area contributed by atoms with Crippen LogP contribution in [0.1, 0.15) is 27.7 Å². The largest absolute Gasteiger partial charge is 0.423 e. The van der Waals surface area contributed by atoms with E-state index in [1.165, 1.54) is 0 Å². The summed E-state index contributed by atoms with van der Waals surface area (Å²) in [7, 11) is 0. The second kappa shape index (κ2) is 6.65. The number of rotatable bonds is 3. The second-order valence-corrected chi connectivity index (χ2v) is 8.28. The molecule has 0 amide bonds. The molecule has 7 heteroatoms. The van der Waals surface area contributed by atoms with Crippen LogP contribution in [0.2, 0.25) is 25.1 Å². The zero-order valence-electron chi connectivity index (χ0n) is 12.9. The molecule has 0 spiro atoms. The second-order valence-electron chi connectivity index (χ2n) is 6.39. The van der Waals surface area contributed by atoms with E-state index in [0.29, 0.717) is 0 Å². The third-order valence-electron chi connectivity index (χ3n) is 4.05. The maximum absolute atomic E-state index is 12.5. The van der Waals surface area contributed by atoms with Gasteiger partial charge in [-0.15, -0.1) is 0 Å². The van der Waals surface area contributed by atoms with Gasteiger partial charge < -0.3 is 4.74 Å². The van der Waals surface area contributed by atoms with E-state index >= 15 is 0 Å². The molecule has 1 saturated carbocycles. The first-order valence-electron chi connectivity index (χ1n) is 6.88. The first kappa shape index (κ1) is 19.2. The first-order valence-corrected chi connectivity index (χ1v) is 8.77. The monoisotopic (exact) mass is 414 g/mol. The summed E-state index contributed by atoms with van der Waals surface area (Å²) in [6.45, 7) is 7.99. The molecular formula is C16H15Cl5O2. The van der Waals surface area contributed by atoms with Gasteiger partial charge in [0.2, 0.25) is 0 Å². The number of hydrogen-bond acceptors (Lipinski definition) is 2. The molecular weight excluding hydrogens is 401 g/mol. The molecule has 0 radical (unpaired) electrons. The summed E-state index contributed by atoms with van der Waals surface area (Å²) in [4.78, 5) is 12.5. The zero-order valence-corrected chi connectivity index (χ0v) is 16.7. The molecule has 0 unspecified atom stereocenters. The minimum absolute atomic E-state index is 0.00133. The first-order chi connectivity index (χ1) is 10.5. The van der Waals surface area contributed by atoms with Gasteiger partial charge in [-0.1, -0.05) is 83.5 Å². The van der Waals surface area contributed by atoms with Crippen molar-refractivity contribution in [1.29, 1.82) is 0 Å². The van der Waals surface area contributed by atoms with Crippen LogP contribution < -0.4 is 4.74 Å². The Kier molecular flexibility index (Phi) is 5.55. The molecule has 0 saturated heterocycles. The molecule has 0 bridgehead atoms. The van der Waals surface area contributed by atoms with Crippen molar-refractivity contribution in [2.24, 2.45) is 17.3 Å². The molecule has 1 fully saturated rings. The Bertz CT molecular complexity index is 676. The molecule has 1 aliphatic carbocycles. The zero-order chi connectivity index (χ0) is 17.7. The van der Waals surface area contributed by atoms with Crippen LogP contribution in [0.5, 0.6) is 5.75 Å². The molecule has 2 nitrogen and oxygen atoms in total. The van der Waals surface area contributed by atoms with Gasteiger partial charge in [0.15, 0.2) is 5.75 Å². The van der Waals surface area contributed by atoms with Gasteiger partial charge in [-0.2, -0.15) is 0 Å². The highest BCUT2D eigenvalue weighted by atomic mass is 35.5. The number of carbonyl (C=O) groups is 1. The number of ether oxygens (including phenoxy) is 1. The molecule has 0 N–H and O–H groups in total. The topological polar surface area (TPSA) is 26.3 Å². The van der Waals surface area contributed by atoms with Crippen molar-refractivity contribution in [2.45, 2.75) is 27.7 Å². The van der Waals surface area contributed by atoms with Gasteiger partial charge in [0.05, 0.1) is 21.0 Å². The molecule has 0 aliphatic heterocycles. The highest BCUT2D eigenvalue weighted by Gasteiger charge is 2.61. The number of carbonyl (C=O) groups excluding carboxylic acids is 1. The van der Waals surface area contributed by atoms with Crippen LogP contribution in [0, 0.1) is 17.3 Å². The van der Waals surface area contributed by atoms with E-state index in [9.17, 15) is 4.79 Å². The van der Waals surface area contributed by atoms with Gasteiger partial charge in [-0.3, -0.25) is 4.79 Å². The molecule has 0 heterocycles. The van der Waals surface area contributed by atoms with E-state index in [-0.39, 0.29) is 48.1 Å². The van der Waals surface area contributed by atoms with Gasteiger partial charge in [-0.25, -0.2) is 0 Å². The maximum atomic E-state index is 12.5. The molecule has 0 aromatic heterocycles. The Morgan fingerprint density at radius 1 is 0.957 bits per heavy atom. The Labute approximate surface area is 160 Å². The van der Waals surface area contributed by atoms with Crippen LogP contribution in [0.4, 0.5) is 0 Å². The Morgan fingerprint density at radius 2 is 1.39 bits per heavy atom. The Balaban J connectivity index is 2.31. The fourth-order valence-corrected chi connectivity index (χ4v) is 3.83. The van der Waals surface area contributed by atoms with Gasteiger partial charge in [0.25, 0.3) is 0 Å². The summed E-state index contributed by atoms with van der Waals surface area (Å²) >= 11 is 30.1. The van der Waals surface area contributed by atoms with Crippen LogP contribution in [0.25, 0.3) is 0 Å². The molecule has 1 aliphatic rings. The number of benzene rings is 1. The minimum atomic E-state index is -0.421. The molecule has 2 atom stereocenters.